The lowest BCUT2D eigenvalue weighted by Crippen LogP contribution is -2.00. The fraction of sp³-hybridized carbons (Fsp3) is 0.111. The maximum atomic E-state index is 10.7. The molecule has 0 radical (unpaired) electrons. The zero-order chi connectivity index (χ0) is 20.1. The number of anilines is 1. The van der Waals surface area contributed by atoms with Crippen molar-refractivity contribution in [1.82, 2.24) is 10.2 Å². The Bertz CT molecular complexity index is 1020. The van der Waals surface area contributed by atoms with E-state index in [0.717, 1.165) is 14.7 Å². The number of hydrogen-bond acceptors (Lipinski definition) is 8. The third-order valence-electron chi connectivity index (χ3n) is 3.66. The van der Waals surface area contributed by atoms with Gasteiger partial charge in [0.1, 0.15) is 6.61 Å². The number of rotatable bonds is 7. The van der Waals surface area contributed by atoms with Gasteiger partial charge in [0.2, 0.25) is 5.89 Å². The summed E-state index contributed by atoms with van der Waals surface area (Å²) in [6.07, 6.45) is 3.43. The number of hydrogen-bond donors (Lipinski definition) is 1. The Balaban J connectivity index is 1.75. The Morgan fingerprint density at radius 1 is 1.25 bits per heavy atom. The molecule has 1 heterocycles. The normalized spacial score (nSPS) is 10.9. The topological polar surface area (TPSA) is 127 Å². The van der Waals surface area contributed by atoms with Crippen molar-refractivity contribution >= 4 is 46.4 Å². The standard InChI is InChI=1S/C18H15IN4O5/c1-26-15-9-12(4-7-16-21-22-18(20)28-16)8-14(19)17(15)27-10-11-2-5-13(6-3-11)23(24)25/h2-9H,10H2,1H3,(H2,20,22)/b7-4+. The highest BCUT2D eigenvalue weighted by atomic mass is 127. The number of nitrogens with two attached hydrogens (primary N) is 1. The van der Waals surface area contributed by atoms with E-state index in [0.29, 0.717) is 17.4 Å². The van der Waals surface area contributed by atoms with Crippen LogP contribution < -0.4 is 15.2 Å². The van der Waals surface area contributed by atoms with Gasteiger partial charge >= 0.3 is 6.01 Å². The molecule has 0 amide bonds. The molecule has 0 bridgehead atoms. The monoisotopic (exact) mass is 494 g/mol. The minimum absolute atomic E-state index is 0.00167. The van der Waals surface area contributed by atoms with Crippen molar-refractivity contribution in [2.45, 2.75) is 6.61 Å². The molecular formula is C18H15IN4O5. The van der Waals surface area contributed by atoms with Crippen LogP contribution in [0.25, 0.3) is 12.2 Å². The summed E-state index contributed by atoms with van der Waals surface area (Å²) >= 11 is 2.15. The second kappa shape index (κ2) is 8.69. The van der Waals surface area contributed by atoms with E-state index >= 15 is 0 Å². The van der Waals surface area contributed by atoms with Crippen LogP contribution >= 0.6 is 22.6 Å². The van der Waals surface area contributed by atoms with Gasteiger partial charge in [0.25, 0.3) is 5.69 Å². The van der Waals surface area contributed by atoms with E-state index in [2.05, 4.69) is 32.8 Å². The van der Waals surface area contributed by atoms with E-state index in [1.807, 2.05) is 12.1 Å². The Morgan fingerprint density at radius 2 is 2.00 bits per heavy atom. The van der Waals surface area contributed by atoms with Gasteiger partial charge in [-0.25, -0.2) is 0 Å². The third kappa shape index (κ3) is 4.76. The van der Waals surface area contributed by atoms with Crippen LogP contribution in [0.3, 0.4) is 0 Å². The molecule has 3 rings (SSSR count). The molecule has 0 spiro atoms. The molecule has 0 fully saturated rings. The first-order valence-electron chi connectivity index (χ1n) is 7.97. The van der Waals surface area contributed by atoms with Gasteiger partial charge in [-0.2, -0.15) is 0 Å². The van der Waals surface area contributed by atoms with Crippen LogP contribution in [0.2, 0.25) is 0 Å². The first-order chi connectivity index (χ1) is 13.5. The van der Waals surface area contributed by atoms with Gasteiger partial charge in [-0.1, -0.05) is 5.10 Å². The van der Waals surface area contributed by atoms with E-state index in [-0.39, 0.29) is 18.3 Å². The number of halogens is 1. The number of methoxy groups -OCH3 is 1. The van der Waals surface area contributed by atoms with Crippen LogP contribution in [-0.2, 0) is 6.61 Å². The Labute approximate surface area is 173 Å². The zero-order valence-corrected chi connectivity index (χ0v) is 16.8. The van der Waals surface area contributed by atoms with Crippen molar-refractivity contribution in [2.75, 3.05) is 12.8 Å². The number of nitrogens with zero attached hydrogens (tertiary/aromatic N) is 3. The van der Waals surface area contributed by atoms with Crippen LogP contribution in [0.4, 0.5) is 11.7 Å². The van der Waals surface area contributed by atoms with Crippen molar-refractivity contribution < 1.29 is 18.8 Å². The van der Waals surface area contributed by atoms with Crippen LogP contribution in [0.1, 0.15) is 17.0 Å². The maximum absolute atomic E-state index is 10.7. The minimum Gasteiger partial charge on any atom is -0.493 e. The summed E-state index contributed by atoms with van der Waals surface area (Å²) in [5.74, 6) is 1.43. The molecule has 1 aromatic heterocycles. The SMILES string of the molecule is COc1cc(/C=C/c2nnc(N)o2)cc(I)c1OCc1ccc([N+](=O)[O-])cc1. The van der Waals surface area contributed by atoms with E-state index in [1.54, 1.807) is 31.4 Å². The third-order valence-corrected chi connectivity index (χ3v) is 4.46. The van der Waals surface area contributed by atoms with Gasteiger partial charge < -0.3 is 19.6 Å². The molecule has 0 aliphatic rings. The molecule has 28 heavy (non-hydrogen) atoms. The number of aromatic nitrogens is 2. The van der Waals surface area contributed by atoms with E-state index in [1.165, 1.54) is 12.1 Å². The summed E-state index contributed by atoms with van der Waals surface area (Å²) in [6, 6.07) is 9.92. The Hall–Kier alpha value is -3.15. The summed E-state index contributed by atoms with van der Waals surface area (Å²) < 4.78 is 17.3. The highest BCUT2D eigenvalue weighted by molar-refractivity contribution is 14.1. The highest BCUT2D eigenvalue weighted by Gasteiger charge is 2.12. The fourth-order valence-electron chi connectivity index (χ4n) is 2.33. The average molecular weight is 494 g/mol. The lowest BCUT2D eigenvalue weighted by Gasteiger charge is -2.13. The van der Waals surface area contributed by atoms with E-state index in [9.17, 15) is 10.1 Å². The highest BCUT2D eigenvalue weighted by Crippen LogP contribution is 2.35. The average Bonchev–Trinajstić information content (AvgIpc) is 3.10. The molecule has 2 aromatic carbocycles. The molecule has 0 unspecified atom stereocenters. The largest absolute Gasteiger partial charge is 0.493 e. The molecule has 9 nitrogen and oxygen atoms in total. The lowest BCUT2D eigenvalue weighted by molar-refractivity contribution is -0.384. The van der Waals surface area contributed by atoms with Gasteiger partial charge in [-0.05, 0) is 64.1 Å². The molecule has 0 aliphatic carbocycles. The molecule has 10 heteroatoms. The number of nitrogen functional groups attached to an aromatic ring is 1. The summed E-state index contributed by atoms with van der Waals surface area (Å²) in [5.41, 5.74) is 7.09. The molecule has 144 valence electrons. The zero-order valence-electron chi connectivity index (χ0n) is 14.7. The minimum atomic E-state index is -0.439. The quantitative estimate of drug-likeness (QED) is 0.298. The molecule has 0 saturated heterocycles. The molecular weight excluding hydrogens is 479 g/mol. The van der Waals surface area contributed by atoms with Crippen molar-refractivity contribution in [2.24, 2.45) is 0 Å². The van der Waals surface area contributed by atoms with Crippen molar-refractivity contribution in [3.63, 3.8) is 0 Å². The molecule has 0 saturated carbocycles. The number of non-ortho nitro benzene ring substituents is 1. The second-order valence-corrected chi connectivity index (χ2v) is 6.72. The first kappa shape index (κ1) is 19.6. The lowest BCUT2D eigenvalue weighted by atomic mass is 10.2. The van der Waals surface area contributed by atoms with Gasteiger partial charge in [0.15, 0.2) is 11.5 Å². The fourth-order valence-corrected chi connectivity index (χ4v) is 3.11. The van der Waals surface area contributed by atoms with Gasteiger partial charge in [0, 0.05) is 18.2 Å². The molecule has 0 atom stereocenters. The first-order valence-corrected chi connectivity index (χ1v) is 9.05. The van der Waals surface area contributed by atoms with Crippen molar-refractivity contribution in [3.05, 3.63) is 67.1 Å². The van der Waals surface area contributed by atoms with Crippen molar-refractivity contribution in [1.29, 1.82) is 0 Å². The van der Waals surface area contributed by atoms with E-state index in [4.69, 9.17) is 19.6 Å². The van der Waals surface area contributed by atoms with Crippen LogP contribution in [0.15, 0.2) is 40.8 Å². The summed E-state index contributed by atoms with van der Waals surface area (Å²) in [7, 11) is 1.55. The van der Waals surface area contributed by atoms with Crippen LogP contribution in [-0.4, -0.2) is 22.2 Å². The second-order valence-electron chi connectivity index (χ2n) is 5.56. The van der Waals surface area contributed by atoms with Gasteiger partial charge in [-0.15, -0.1) is 5.10 Å². The smallest absolute Gasteiger partial charge is 0.313 e. The molecule has 2 N–H and O–H groups in total. The predicted molar refractivity (Wildman–Crippen MR) is 111 cm³/mol. The summed E-state index contributed by atoms with van der Waals surface area (Å²) in [5, 5.41) is 18.1. The predicted octanol–water partition coefficient (Wildman–Crippen LogP) is 3.92. The Kier molecular flexibility index (Phi) is 6.09. The summed E-state index contributed by atoms with van der Waals surface area (Å²) in [6.45, 7) is 0.251. The number of benzene rings is 2. The Morgan fingerprint density at radius 3 is 2.61 bits per heavy atom. The van der Waals surface area contributed by atoms with Gasteiger partial charge in [0.05, 0.1) is 15.6 Å². The maximum Gasteiger partial charge on any atom is 0.313 e. The molecule has 3 aromatic rings. The molecule has 0 aliphatic heterocycles. The van der Waals surface area contributed by atoms with E-state index < -0.39 is 4.92 Å². The summed E-state index contributed by atoms with van der Waals surface area (Å²) in [4.78, 5) is 10.3. The van der Waals surface area contributed by atoms with Crippen molar-refractivity contribution in [3.8, 4) is 11.5 Å². The van der Waals surface area contributed by atoms with Crippen LogP contribution in [0, 0.1) is 13.7 Å². The number of nitro benzene ring substituents is 1. The van der Waals surface area contributed by atoms with Gasteiger partial charge in [-0.3, -0.25) is 10.1 Å². The number of nitro groups is 1. The number of ether oxygens (including phenoxy) is 2. The van der Waals surface area contributed by atoms with Crippen LogP contribution in [0.5, 0.6) is 11.5 Å².